The van der Waals surface area contributed by atoms with Gasteiger partial charge in [0.2, 0.25) is 10.0 Å². The van der Waals surface area contributed by atoms with Crippen LogP contribution >= 0.6 is 0 Å². The predicted octanol–water partition coefficient (Wildman–Crippen LogP) is 2.83. The van der Waals surface area contributed by atoms with E-state index in [1.165, 1.54) is 17.8 Å². The first kappa shape index (κ1) is 16.9. The van der Waals surface area contributed by atoms with Crippen LogP contribution < -0.4 is 15.0 Å². The summed E-state index contributed by atoms with van der Waals surface area (Å²) < 4.78 is 110. The van der Waals surface area contributed by atoms with Crippen LogP contribution in [0.4, 0.5) is 0 Å². The van der Waals surface area contributed by atoms with Crippen LogP contribution in [0.25, 0.3) is 22.4 Å². The molecular weight excluding hydrogens is 480 g/mol. The number of aromatic nitrogens is 4. The van der Waals surface area contributed by atoms with Gasteiger partial charge in [0, 0.05) is 31.9 Å². The van der Waals surface area contributed by atoms with Crippen molar-refractivity contribution in [1.29, 1.82) is 0 Å². The molecule has 0 aliphatic carbocycles. The highest BCUT2D eigenvalue weighted by molar-refractivity contribution is 7.89. The fraction of sp³-hybridized carbons (Fsp3) is 0.560. The van der Waals surface area contributed by atoms with Gasteiger partial charge in [-0.3, -0.25) is 9.48 Å². The van der Waals surface area contributed by atoms with E-state index >= 15 is 0 Å². The van der Waals surface area contributed by atoms with E-state index in [1.54, 1.807) is 11.6 Å². The summed E-state index contributed by atoms with van der Waals surface area (Å²) in [6, 6.07) is 2.06. The number of nitrogens with one attached hydrogen (secondary N) is 2. The van der Waals surface area contributed by atoms with Crippen molar-refractivity contribution < 1.29 is 25.5 Å². The second-order valence-electron chi connectivity index (χ2n) is 8.35. The second kappa shape index (κ2) is 11.1. The van der Waals surface area contributed by atoms with Gasteiger partial charge in [0.25, 0.3) is 5.56 Å². The molecule has 1 unspecified atom stereocenters. The topological polar surface area (TPSA) is 122 Å². The highest BCUT2D eigenvalue weighted by Crippen LogP contribution is 2.31. The minimum Gasteiger partial charge on any atom is -0.493 e. The Morgan fingerprint density at radius 1 is 1.33 bits per heavy atom. The smallest absolute Gasteiger partial charge is 0.277 e. The van der Waals surface area contributed by atoms with E-state index in [1.807, 2.05) is 6.92 Å². The number of likely N-dealkylation sites (tertiary alicyclic amines) is 1. The average Bonchev–Trinajstić information content (AvgIpc) is 3.57. The number of nitrogens with zero attached hydrogens (tertiary/aromatic N) is 4. The lowest BCUT2D eigenvalue weighted by molar-refractivity contribution is 0.297. The van der Waals surface area contributed by atoms with Crippen LogP contribution in [0.5, 0.6) is 5.75 Å². The molecular formula is C25H36N6O4S. The van der Waals surface area contributed by atoms with Gasteiger partial charge in [0.05, 0.1) is 22.8 Å². The number of H-pyrrole nitrogens is 1. The average molecular weight is 526 g/mol. The largest absolute Gasteiger partial charge is 0.493 e. The van der Waals surface area contributed by atoms with E-state index < -0.39 is 52.7 Å². The molecule has 4 rings (SSSR count). The lowest BCUT2D eigenvalue weighted by Crippen LogP contribution is -2.31. The Bertz CT molecular complexity index is 1740. The molecule has 3 aromatic rings. The Morgan fingerprint density at radius 3 is 2.92 bits per heavy atom. The Kier molecular flexibility index (Phi) is 5.21. The molecule has 2 aromatic heterocycles. The molecule has 1 atom stereocenters. The number of aryl methyl sites for hydroxylation is 2. The van der Waals surface area contributed by atoms with Crippen molar-refractivity contribution >= 4 is 21.1 Å². The number of hydrogen-bond acceptors (Lipinski definition) is 7. The maximum absolute atomic E-state index is 13.6. The van der Waals surface area contributed by atoms with Gasteiger partial charge in [-0.1, -0.05) is 20.3 Å². The molecule has 1 aromatic carbocycles. The molecule has 11 heteroatoms. The normalized spacial score (nSPS) is 22.0. The molecule has 0 bridgehead atoms. The lowest BCUT2D eigenvalue weighted by Gasteiger charge is -2.19. The SMILES string of the molecule is [2H]C([2H])(CC)c1nn(C)c2c(=O)[nH]c(-c3cc(S(=O)(=O)NC([2H])([2H])C([2H])([2H])C4CCCN4C([2H])([2H])[2H])ccc3OCCC)nc12. The third kappa shape index (κ3) is 5.47. The summed E-state index contributed by atoms with van der Waals surface area (Å²) in [7, 11) is -3.34. The summed E-state index contributed by atoms with van der Waals surface area (Å²) in [4.78, 5) is 20.6. The molecule has 1 aliphatic heterocycles. The summed E-state index contributed by atoms with van der Waals surface area (Å²) >= 11 is 0. The van der Waals surface area contributed by atoms with Gasteiger partial charge < -0.3 is 14.6 Å². The zero-order valence-electron chi connectivity index (χ0n) is 29.4. The van der Waals surface area contributed by atoms with Crippen molar-refractivity contribution in [3.8, 4) is 17.1 Å². The molecule has 1 saturated heterocycles. The fourth-order valence-corrected chi connectivity index (χ4v) is 4.78. The molecule has 3 heterocycles. The minimum absolute atomic E-state index is 0.0000962. The molecule has 10 nitrogen and oxygen atoms in total. The van der Waals surface area contributed by atoms with Crippen molar-refractivity contribution in [1.82, 2.24) is 29.4 Å². The van der Waals surface area contributed by atoms with Crippen molar-refractivity contribution in [2.75, 3.05) is 26.6 Å². The van der Waals surface area contributed by atoms with Crippen LogP contribution in [0, 0.1) is 0 Å². The summed E-state index contributed by atoms with van der Waals surface area (Å²) in [6.45, 7) is -2.28. The van der Waals surface area contributed by atoms with Crippen molar-refractivity contribution in [3.63, 3.8) is 0 Å². The van der Waals surface area contributed by atoms with Crippen molar-refractivity contribution in [3.05, 3.63) is 34.2 Å². The zero-order chi connectivity index (χ0) is 33.8. The molecule has 1 aliphatic rings. The number of aromatic amines is 1. The Balaban J connectivity index is 1.81. The van der Waals surface area contributed by atoms with E-state index in [-0.39, 0.29) is 59.9 Å². The molecule has 36 heavy (non-hydrogen) atoms. The number of fused-ring (bicyclic) bond motifs is 1. The highest BCUT2D eigenvalue weighted by Gasteiger charge is 2.23. The van der Waals surface area contributed by atoms with Gasteiger partial charge in [0.15, 0.2) is 5.52 Å². The first-order valence-corrected chi connectivity index (χ1v) is 13.2. The number of hydrogen-bond donors (Lipinski definition) is 2. The highest BCUT2D eigenvalue weighted by atomic mass is 32.2. The summed E-state index contributed by atoms with van der Waals surface area (Å²) in [5.74, 6) is -0.0331. The zero-order valence-corrected chi connectivity index (χ0v) is 21.2. The molecule has 1 fully saturated rings. The molecule has 0 amide bonds. The van der Waals surface area contributed by atoms with Gasteiger partial charge in [-0.15, -0.1) is 0 Å². The first-order chi connectivity index (χ1) is 20.7. The maximum Gasteiger partial charge on any atom is 0.277 e. The quantitative estimate of drug-likeness (QED) is 0.395. The number of rotatable bonds is 11. The summed E-state index contributed by atoms with van der Waals surface area (Å²) in [6.07, 6.45) is -3.97. The Labute approximate surface area is 224 Å². The van der Waals surface area contributed by atoms with Crippen molar-refractivity contribution in [2.45, 2.75) is 63.2 Å². The van der Waals surface area contributed by atoms with Crippen molar-refractivity contribution in [2.24, 2.45) is 7.05 Å². The number of sulfonamides is 1. The summed E-state index contributed by atoms with van der Waals surface area (Å²) in [5, 5.41) is 4.18. The predicted molar refractivity (Wildman–Crippen MR) is 140 cm³/mol. The first-order valence-electron chi connectivity index (χ1n) is 16.2. The van der Waals surface area contributed by atoms with Gasteiger partial charge in [-0.2, -0.15) is 5.10 Å². The van der Waals surface area contributed by atoms with E-state index in [9.17, 15) is 13.2 Å². The van der Waals surface area contributed by atoms with Crippen LogP contribution in [0.3, 0.4) is 0 Å². The van der Waals surface area contributed by atoms with Gasteiger partial charge in [-0.05, 0) is 63.7 Å². The molecule has 0 saturated carbocycles. The van der Waals surface area contributed by atoms with E-state index in [0.717, 1.165) is 17.0 Å². The van der Waals surface area contributed by atoms with E-state index in [4.69, 9.17) is 17.1 Å². The van der Waals surface area contributed by atoms with E-state index in [0.29, 0.717) is 12.8 Å². The van der Waals surface area contributed by atoms with Gasteiger partial charge in [0.1, 0.15) is 17.1 Å². The van der Waals surface area contributed by atoms with Gasteiger partial charge in [-0.25, -0.2) is 18.1 Å². The standard InChI is InChI=1S/C25H36N6O4S/c1-5-8-20-22-23(31(4)29-20)25(32)28-24(27-22)19-16-18(10-11-21(19)35-15-6-2)36(33,34)26-13-12-17-9-7-14-30(17)3/h10-11,16-17,26H,5-9,12-15H2,1-4H3,(H,27,28,32)/i3D3,8D2,12D2,13D2. The maximum atomic E-state index is 13.6. The van der Waals surface area contributed by atoms with E-state index in [2.05, 4.69) is 15.1 Å². The molecule has 0 radical (unpaired) electrons. The second-order valence-corrected chi connectivity index (χ2v) is 10.0. The van der Waals surface area contributed by atoms with Crippen LogP contribution in [-0.2, 0) is 23.4 Å². The molecule has 0 spiro atoms. The fourth-order valence-electron chi connectivity index (χ4n) is 3.95. The van der Waals surface area contributed by atoms with Gasteiger partial charge >= 0.3 is 0 Å². The summed E-state index contributed by atoms with van der Waals surface area (Å²) in [5.41, 5.74) is -0.789. The third-order valence-corrected chi connectivity index (χ3v) is 6.94. The van der Waals surface area contributed by atoms with Crippen LogP contribution in [0.15, 0.2) is 27.9 Å². The molecule has 196 valence electrons. The Morgan fingerprint density at radius 2 is 2.17 bits per heavy atom. The third-order valence-electron chi connectivity index (χ3n) is 5.69. The van der Waals surface area contributed by atoms with Crippen LogP contribution in [0.1, 0.15) is 63.9 Å². The monoisotopic (exact) mass is 525 g/mol. The molecule has 2 N–H and O–H groups in total. The van der Waals surface area contributed by atoms with Crippen LogP contribution in [0.2, 0.25) is 0 Å². The number of ether oxygens (including phenoxy) is 1. The number of benzene rings is 1. The minimum atomic E-state index is -4.81. The van der Waals surface area contributed by atoms with Crippen LogP contribution in [-0.4, -0.2) is 65.7 Å². The lowest BCUT2D eigenvalue weighted by atomic mass is 10.1. The Hall–Kier alpha value is -2.76.